The lowest BCUT2D eigenvalue weighted by atomic mass is 9.83. The van der Waals surface area contributed by atoms with Gasteiger partial charge in [0.25, 0.3) is 5.89 Å². The van der Waals surface area contributed by atoms with Gasteiger partial charge in [0.2, 0.25) is 5.82 Å². The molecule has 0 radical (unpaired) electrons. The van der Waals surface area contributed by atoms with Crippen molar-refractivity contribution in [3.63, 3.8) is 0 Å². The molecule has 32 heavy (non-hydrogen) atoms. The number of hydrogen-bond acceptors (Lipinski definition) is 5. The molecule has 0 amide bonds. The third-order valence-corrected chi connectivity index (χ3v) is 5.92. The molecule has 0 N–H and O–H groups in total. The standard InChI is InChI=1S/C27H27N3O2/c1-30(2)18-19-8-9-22-17-23(11-10-21(22)16-19)27-28-26(29-32-27)20-12-14-25(15-13-20)31-24-6-4-3-5-7-24/h3-7,10-15,17,19H,8-9,16,18H2,1-2H3. The highest BCUT2D eigenvalue weighted by Crippen LogP contribution is 2.31. The van der Waals surface area contributed by atoms with Crippen LogP contribution in [0.1, 0.15) is 17.5 Å². The maximum atomic E-state index is 5.86. The van der Waals surface area contributed by atoms with Gasteiger partial charge in [-0.3, -0.25) is 0 Å². The first kappa shape index (κ1) is 20.5. The zero-order valence-corrected chi connectivity index (χ0v) is 18.5. The van der Waals surface area contributed by atoms with E-state index in [-0.39, 0.29) is 0 Å². The second kappa shape index (κ2) is 8.97. The highest BCUT2D eigenvalue weighted by atomic mass is 16.5. The maximum Gasteiger partial charge on any atom is 0.258 e. The van der Waals surface area contributed by atoms with Crippen LogP contribution in [0.2, 0.25) is 0 Å². The van der Waals surface area contributed by atoms with E-state index in [1.165, 1.54) is 17.5 Å². The van der Waals surface area contributed by atoms with Crippen LogP contribution in [0, 0.1) is 5.92 Å². The minimum Gasteiger partial charge on any atom is -0.457 e. The first-order valence-corrected chi connectivity index (χ1v) is 11.1. The normalized spacial score (nSPS) is 15.5. The monoisotopic (exact) mass is 425 g/mol. The molecule has 5 rings (SSSR count). The van der Waals surface area contributed by atoms with Gasteiger partial charge >= 0.3 is 0 Å². The number of hydrogen-bond donors (Lipinski definition) is 0. The molecule has 1 aliphatic rings. The van der Waals surface area contributed by atoms with Gasteiger partial charge in [-0.15, -0.1) is 0 Å². The van der Waals surface area contributed by atoms with Gasteiger partial charge in [-0.2, -0.15) is 4.98 Å². The molecule has 4 aromatic rings. The number of aryl methyl sites for hydroxylation is 1. The van der Waals surface area contributed by atoms with Crippen LogP contribution in [-0.4, -0.2) is 35.7 Å². The minimum atomic E-state index is 0.558. The first-order chi connectivity index (χ1) is 15.6. The van der Waals surface area contributed by atoms with E-state index in [4.69, 9.17) is 9.26 Å². The molecular formula is C27H27N3O2. The van der Waals surface area contributed by atoms with Crippen LogP contribution < -0.4 is 4.74 Å². The van der Waals surface area contributed by atoms with E-state index in [1.807, 2.05) is 54.6 Å². The summed E-state index contributed by atoms with van der Waals surface area (Å²) in [6.45, 7) is 1.14. The molecule has 162 valence electrons. The first-order valence-electron chi connectivity index (χ1n) is 11.1. The van der Waals surface area contributed by atoms with Gasteiger partial charge in [0.15, 0.2) is 0 Å². The Morgan fingerprint density at radius 2 is 1.66 bits per heavy atom. The number of fused-ring (bicyclic) bond motifs is 1. The Kier molecular flexibility index (Phi) is 5.73. The lowest BCUT2D eigenvalue weighted by Gasteiger charge is -2.27. The summed E-state index contributed by atoms with van der Waals surface area (Å²) in [4.78, 5) is 6.92. The van der Waals surface area contributed by atoms with Crippen molar-refractivity contribution in [1.82, 2.24) is 15.0 Å². The average Bonchev–Trinajstić information content (AvgIpc) is 3.30. The van der Waals surface area contributed by atoms with Gasteiger partial charge < -0.3 is 14.2 Å². The van der Waals surface area contributed by atoms with Crippen molar-refractivity contribution >= 4 is 0 Å². The zero-order valence-electron chi connectivity index (χ0n) is 18.5. The predicted octanol–water partition coefficient (Wildman–Crippen LogP) is 5.86. The van der Waals surface area contributed by atoms with Crippen molar-refractivity contribution in [1.29, 1.82) is 0 Å². The van der Waals surface area contributed by atoms with Gasteiger partial charge in [0.05, 0.1) is 0 Å². The summed E-state index contributed by atoms with van der Waals surface area (Å²) in [6.07, 6.45) is 3.47. The molecule has 5 nitrogen and oxygen atoms in total. The average molecular weight is 426 g/mol. The maximum absolute atomic E-state index is 5.86. The Morgan fingerprint density at radius 1 is 0.906 bits per heavy atom. The highest BCUT2D eigenvalue weighted by Gasteiger charge is 2.20. The van der Waals surface area contributed by atoms with Crippen molar-refractivity contribution in [2.45, 2.75) is 19.3 Å². The van der Waals surface area contributed by atoms with Crippen molar-refractivity contribution in [3.8, 4) is 34.3 Å². The summed E-state index contributed by atoms with van der Waals surface area (Å²) in [5, 5.41) is 4.20. The van der Waals surface area contributed by atoms with E-state index in [0.717, 1.165) is 47.9 Å². The predicted molar refractivity (Wildman–Crippen MR) is 126 cm³/mol. The SMILES string of the molecule is CN(C)CC1CCc2cc(-c3nc(-c4ccc(Oc5ccccc5)cc4)no3)ccc2C1. The summed E-state index contributed by atoms with van der Waals surface area (Å²) in [5.41, 5.74) is 4.72. The quantitative estimate of drug-likeness (QED) is 0.387. The number of rotatable bonds is 6. The van der Waals surface area contributed by atoms with E-state index in [9.17, 15) is 0 Å². The fourth-order valence-electron chi connectivity index (χ4n) is 4.39. The number of nitrogens with zero attached hydrogens (tertiary/aromatic N) is 3. The Bertz CT molecular complexity index is 1180. The van der Waals surface area contributed by atoms with Crippen LogP contribution in [-0.2, 0) is 12.8 Å². The number of aromatic nitrogens is 2. The lowest BCUT2D eigenvalue weighted by molar-refractivity contribution is 0.303. The van der Waals surface area contributed by atoms with Gasteiger partial charge in [-0.05, 0) is 98.9 Å². The molecule has 1 heterocycles. The van der Waals surface area contributed by atoms with Crippen molar-refractivity contribution in [2.24, 2.45) is 5.92 Å². The van der Waals surface area contributed by atoms with E-state index in [1.54, 1.807) is 0 Å². The Morgan fingerprint density at radius 3 is 2.44 bits per heavy atom. The molecule has 0 saturated carbocycles. The molecule has 0 spiro atoms. The van der Waals surface area contributed by atoms with E-state index in [0.29, 0.717) is 11.7 Å². The third-order valence-electron chi connectivity index (χ3n) is 5.92. The molecule has 5 heteroatoms. The van der Waals surface area contributed by atoms with Crippen LogP contribution in [0.4, 0.5) is 0 Å². The number of ether oxygens (including phenoxy) is 1. The molecule has 0 aliphatic heterocycles. The van der Waals surface area contributed by atoms with E-state index < -0.39 is 0 Å². The van der Waals surface area contributed by atoms with Crippen LogP contribution in [0.3, 0.4) is 0 Å². The summed E-state index contributed by atoms with van der Waals surface area (Å²) in [6, 6.07) is 24.0. The molecule has 1 atom stereocenters. The Labute approximate surface area is 188 Å². The second-order valence-corrected chi connectivity index (χ2v) is 8.72. The molecule has 1 unspecified atom stereocenters. The molecule has 0 saturated heterocycles. The zero-order chi connectivity index (χ0) is 21.9. The van der Waals surface area contributed by atoms with Crippen LogP contribution in [0.5, 0.6) is 11.5 Å². The molecular weight excluding hydrogens is 398 g/mol. The highest BCUT2D eigenvalue weighted by molar-refractivity contribution is 5.61. The second-order valence-electron chi connectivity index (χ2n) is 8.72. The molecule has 0 bridgehead atoms. The summed E-state index contributed by atoms with van der Waals surface area (Å²) < 4.78 is 11.5. The van der Waals surface area contributed by atoms with Crippen molar-refractivity contribution < 1.29 is 9.26 Å². The summed E-state index contributed by atoms with van der Waals surface area (Å²) >= 11 is 0. The molecule has 1 aromatic heterocycles. The fraction of sp³-hybridized carbons (Fsp3) is 0.259. The van der Waals surface area contributed by atoms with Gasteiger partial charge in [0, 0.05) is 17.7 Å². The van der Waals surface area contributed by atoms with Gasteiger partial charge in [0.1, 0.15) is 11.5 Å². The summed E-state index contributed by atoms with van der Waals surface area (Å²) in [7, 11) is 4.30. The van der Waals surface area contributed by atoms with E-state index >= 15 is 0 Å². The Balaban J connectivity index is 1.30. The molecule has 3 aromatic carbocycles. The number of para-hydroxylation sites is 1. The Hall–Kier alpha value is -3.44. The van der Waals surface area contributed by atoms with Crippen LogP contribution in [0.25, 0.3) is 22.8 Å². The van der Waals surface area contributed by atoms with E-state index in [2.05, 4.69) is 47.3 Å². The summed E-state index contributed by atoms with van der Waals surface area (Å²) in [5.74, 6) is 3.44. The largest absolute Gasteiger partial charge is 0.457 e. The van der Waals surface area contributed by atoms with Gasteiger partial charge in [-0.25, -0.2) is 0 Å². The molecule has 0 fully saturated rings. The van der Waals surface area contributed by atoms with Crippen LogP contribution in [0.15, 0.2) is 77.3 Å². The number of benzene rings is 3. The van der Waals surface area contributed by atoms with Crippen molar-refractivity contribution in [2.75, 3.05) is 20.6 Å². The fourth-order valence-corrected chi connectivity index (χ4v) is 4.39. The smallest absolute Gasteiger partial charge is 0.258 e. The van der Waals surface area contributed by atoms with Crippen molar-refractivity contribution in [3.05, 3.63) is 83.9 Å². The molecule has 1 aliphatic carbocycles. The lowest BCUT2D eigenvalue weighted by Crippen LogP contribution is -2.26. The van der Waals surface area contributed by atoms with Crippen LogP contribution >= 0.6 is 0 Å². The minimum absolute atomic E-state index is 0.558. The topological polar surface area (TPSA) is 51.4 Å². The third kappa shape index (κ3) is 4.58. The van der Waals surface area contributed by atoms with Gasteiger partial charge in [-0.1, -0.05) is 29.4 Å².